The highest BCUT2D eigenvalue weighted by Gasteiger charge is 2.15. The second-order valence-corrected chi connectivity index (χ2v) is 3.25. The van der Waals surface area contributed by atoms with E-state index < -0.39 is 18.9 Å². The summed E-state index contributed by atoms with van der Waals surface area (Å²) in [5, 5.41) is 17.5. The van der Waals surface area contributed by atoms with Crippen LogP contribution in [0.15, 0.2) is 18.2 Å². The van der Waals surface area contributed by atoms with Crippen LogP contribution in [-0.4, -0.2) is 47.3 Å². The first-order chi connectivity index (χ1) is 8.04. The van der Waals surface area contributed by atoms with Gasteiger partial charge < -0.3 is 15.1 Å². The minimum atomic E-state index is -2.59. The molecule has 2 N–H and O–H groups in total. The van der Waals surface area contributed by atoms with Crippen molar-refractivity contribution in [2.75, 3.05) is 24.6 Å². The van der Waals surface area contributed by atoms with E-state index in [1.807, 2.05) is 0 Å². The highest BCUT2D eigenvalue weighted by Crippen LogP contribution is 2.13. The number of nitrogens with zero attached hydrogens (tertiary/aromatic N) is 2. The molecule has 0 aliphatic carbocycles. The number of aliphatic hydroxyl groups is 1. The molecule has 1 rings (SSSR count). The Balaban J connectivity index is 2.92. The summed E-state index contributed by atoms with van der Waals surface area (Å²) in [7, 11) is 0. The summed E-state index contributed by atoms with van der Waals surface area (Å²) in [5.41, 5.74) is -0.222. The Bertz CT molecular complexity index is 388. The van der Waals surface area contributed by atoms with Gasteiger partial charge in [-0.15, -0.1) is 0 Å². The number of aromatic carboxylic acids is 1. The fourth-order valence-electron chi connectivity index (χ4n) is 1.31. The van der Waals surface area contributed by atoms with E-state index in [1.165, 1.54) is 18.2 Å². The summed E-state index contributed by atoms with van der Waals surface area (Å²) in [6.07, 6.45) is -2.59. The van der Waals surface area contributed by atoms with Crippen molar-refractivity contribution >= 4 is 11.8 Å². The van der Waals surface area contributed by atoms with Crippen molar-refractivity contribution in [3.8, 4) is 0 Å². The molecule has 7 heteroatoms. The maximum absolute atomic E-state index is 12.3. The van der Waals surface area contributed by atoms with Crippen LogP contribution in [0.2, 0.25) is 0 Å². The third-order valence-electron chi connectivity index (χ3n) is 2.01. The SMILES string of the molecule is O=C(O)c1cccc(N(CCO)CC(F)F)n1. The number of aliphatic hydroxyl groups excluding tert-OH is 1. The van der Waals surface area contributed by atoms with Crippen LogP contribution in [0.4, 0.5) is 14.6 Å². The van der Waals surface area contributed by atoms with Crippen LogP contribution in [0.1, 0.15) is 10.5 Å². The van der Waals surface area contributed by atoms with Crippen molar-refractivity contribution in [3.63, 3.8) is 0 Å². The second kappa shape index (κ2) is 6.09. The summed E-state index contributed by atoms with van der Waals surface area (Å²) in [4.78, 5) is 15.5. The standard InChI is InChI=1S/C10H12F2N2O3/c11-8(12)6-14(4-5-15)9-3-1-2-7(13-9)10(16)17/h1-3,8,15H,4-6H2,(H,16,17). The van der Waals surface area contributed by atoms with Crippen molar-refractivity contribution in [1.82, 2.24) is 4.98 Å². The van der Waals surface area contributed by atoms with Gasteiger partial charge >= 0.3 is 5.97 Å². The Kier molecular flexibility index (Phi) is 4.77. The Hall–Kier alpha value is -1.76. The van der Waals surface area contributed by atoms with E-state index in [0.29, 0.717) is 0 Å². The fraction of sp³-hybridized carbons (Fsp3) is 0.400. The van der Waals surface area contributed by atoms with E-state index in [9.17, 15) is 13.6 Å². The molecular weight excluding hydrogens is 234 g/mol. The smallest absolute Gasteiger partial charge is 0.354 e. The number of rotatable bonds is 6. The average Bonchev–Trinajstić information content (AvgIpc) is 2.28. The van der Waals surface area contributed by atoms with Crippen LogP contribution >= 0.6 is 0 Å². The highest BCUT2D eigenvalue weighted by molar-refractivity contribution is 5.85. The van der Waals surface area contributed by atoms with Gasteiger partial charge in [-0.3, -0.25) is 0 Å². The summed E-state index contributed by atoms with van der Waals surface area (Å²) in [6, 6.07) is 4.11. The zero-order valence-electron chi connectivity index (χ0n) is 8.88. The summed E-state index contributed by atoms with van der Waals surface area (Å²) >= 11 is 0. The molecule has 0 bridgehead atoms. The van der Waals surface area contributed by atoms with E-state index in [4.69, 9.17) is 10.2 Å². The minimum absolute atomic E-state index is 0.0274. The van der Waals surface area contributed by atoms with Crippen LogP contribution in [0.5, 0.6) is 0 Å². The number of carboxylic acid groups (broad SMARTS) is 1. The molecule has 1 aromatic heterocycles. The van der Waals surface area contributed by atoms with Crippen molar-refractivity contribution in [1.29, 1.82) is 0 Å². The third kappa shape index (κ3) is 3.95. The Labute approximate surface area is 96.3 Å². The molecule has 17 heavy (non-hydrogen) atoms. The van der Waals surface area contributed by atoms with Gasteiger partial charge in [-0.25, -0.2) is 18.6 Å². The van der Waals surface area contributed by atoms with Crippen molar-refractivity contribution in [2.24, 2.45) is 0 Å². The van der Waals surface area contributed by atoms with E-state index in [1.54, 1.807) is 0 Å². The van der Waals surface area contributed by atoms with Crippen LogP contribution in [0.25, 0.3) is 0 Å². The van der Waals surface area contributed by atoms with Crippen molar-refractivity contribution in [2.45, 2.75) is 6.43 Å². The predicted molar refractivity (Wildman–Crippen MR) is 56.5 cm³/mol. The van der Waals surface area contributed by atoms with Gasteiger partial charge in [0.25, 0.3) is 6.43 Å². The molecule has 1 heterocycles. The lowest BCUT2D eigenvalue weighted by Gasteiger charge is -2.22. The van der Waals surface area contributed by atoms with Crippen LogP contribution in [-0.2, 0) is 0 Å². The van der Waals surface area contributed by atoms with Gasteiger partial charge in [0.15, 0.2) is 5.69 Å². The normalized spacial score (nSPS) is 10.6. The lowest BCUT2D eigenvalue weighted by Crippen LogP contribution is -2.32. The van der Waals surface area contributed by atoms with Crippen LogP contribution in [0.3, 0.4) is 0 Å². The van der Waals surface area contributed by atoms with E-state index in [0.717, 1.165) is 4.90 Å². The molecule has 1 aromatic rings. The van der Waals surface area contributed by atoms with Gasteiger partial charge in [0.1, 0.15) is 5.82 Å². The molecule has 0 unspecified atom stereocenters. The summed E-state index contributed by atoms with van der Waals surface area (Å²) in [6.45, 7) is -0.942. The Morgan fingerprint density at radius 2 is 2.18 bits per heavy atom. The number of hydrogen-bond donors (Lipinski definition) is 2. The zero-order valence-corrected chi connectivity index (χ0v) is 8.88. The summed E-state index contributed by atoms with van der Waals surface area (Å²) < 4.78 is 24.6. The first kappa shape index (κ1) is 13.3. The lowest BCUT2D eigenvalue weighted by molar-refractivity contribution is 0.0690. The lowest BCUT2D eigenvalue weighted by atomic mass is 10.3. The van der Waals surface area contributed by atoms with E-state index >= 15 is 0 Å². The monoisotopic (exact) mass is 246 g/mol. The number of halogens is 2. The minimum Gasteiger partial charge on any atom is -0.477 e. The van der Waals surface area contributed by atoms with Crippen molar-refractivity contribution < 1.29 is 23.8 Å². The number of carbonyl (C=O) groups is 1. The molecule has 0 saturated heterocycles. The zero-order chi connectivity index (χ0) is 12.8. The predicted octanol–water partition coefficient (Wildman–Crippen LogP) is 0.844. The van der Waals surface area contributed by atoms with Crippen molar-refractivity contribution in [3.05, 3.63) is 23.9 Å². The van der Waals surface area contributed by atoms with E-state index in [2.05, 4.69) is 4.98 Å². The molecule has 0 spiro atoms. The Morgan fingerprint density at radius 3 is 2.71 bits per heavy atom. The third-order valence-corrected chi connectivity index (χ3v) is 2.01. The maximum atomic E-state index is 12.3. The number of pyridine rings is 1. The van der Waals surface area contributed by atoms with Gasteiger partial charge in [-0.05, 0) is 12.1 Å². The summed E-state index contributed by atoms with van der Waals surface area (Å²) in [5.74, 6) is -1.12. The van der Waals surface area contributed by atoms with Gasteiger partial charge in [-0.1, -0.05) is 6.07 Å². The first-order valence-corrected chi connectivity index (χ1v) is 4.89. The molecule has 0 atom stereocenters. The number of anilines is 1. The molecule has 94 valence electrons. The largest absolute Gasteiger partial charge is 0.477 e. The molecule has 0 aliphatic rings. The number of aromatic nitrogens is 1. The average molecular weight is 246 g/mol. The molecule has 0 radical (unpaired) electrons. The van der Waals surface area contributed by atoms with Gasteiger partial charge in [0.2, 0.25) is 0 Å². The van der Waals surface area contributed by atoms with Gasteiger partial charge in [0, 0.05) is 6.54 Å². The first-order valence-electron chi connectivity index (χ1n) is 4.89. The molecule has 0 fully saturated rings. The molecule has 0 saturated carbocycles. The quantitative estimate of drug-likeness (QED) is 0.778. The maximum Gasteiger partial charge on any atom is 0.354 e. The number of carboxylic acids is 1. The molecule has 0 amide bonds. The molecule has 0 aliphatic heterocycles. The highest BCUT2D eigenvalue weighted by atomic mass is 19.3. The number of hydrogen-bond acceptors (Lipinski definition) is 4. The molecule has 5 nitrogen and oxygen atoms in total. The van der Waals surface area contributed by atoms with Gasteiger partial charge in [-0.2, -0.15) is 0 Å². The van der Waals surface area contributed by atoms with Gasteiger partial charge in [0.05, 0.1) is 13.2 Å². The second-order valence-electron chi connectivity index (χ2n) is 3.25. The van der Waals surface area contributed by atoms with Crippen LogP contribution < -0.4 is 4.90 Å². The van der Waals surface area contributed by atoms with Crippen LogP contribution in [0, 0.1) is 0 Å². The fourth-order valence-corrected chi connectivity index (χ4v) is 1.31. The van der Waals surface area contributed by atoms with E-state index in [-0.39, 0.29) is 24.7 Å². The molecular formula is C10H12F2N2O3. The number of alkyl halides is 2. The topological polar surface area (TPSA) is 73.7 Å². The Morgan fingerprint density at radius 1 is 1.47 bits per heavy atom. The molecule has 0 aromatic carbocycles.